The van der Waals surface area contributed by atoms with Gasteiger partial charge in [-0.15, -0.1) is 0 Å². The summed E-state index contributed by atoms with van der Waals surface area (Å²) in [4.78, 5) is 3.94. The number of aliphatic imine (C=N–C) groups is 1. The molecular formula is C11H23InN2. The quantitative estimate of drug-likeness (QED) is 0.660. The number of hydrogen-bond donors (Lipinski definition) is 0. The van der Waals surface area contributed by atoms with E-state index in [-0.39, 0.29) is 0 Å². The molecule has 0 aromatic rings. The van der Waals surface area contributed by atoms with E-state index >= 15 is 0 Å². The van der Waals surface area contributed by atoms with Crippen LogP contribution in [0.5, 0.6) is 0 Å². The zero-order valence-electron chi connectivity index (χ0n) is 10.0. The van der Waals surface area contributed by atoms with Gasteiger partial charge in [-0.2, -0.15) is 0 Å². The molecule has 0 aliphatic carbocycles. The molecule has 0 amide bonds. The van der Waals surface area contributed by atoms with Crippen molar-refractivity contribution in [2.24, 2.45) is 4.99 Å². The van der Waals surface area contributed by atoms with Crippen molar-refractivity contribution in [3.8, 4) is 0 Å². The molecule has 0 saturated heterocycles. The van der Waals surface area contributed by atoms with Crippen LogP contribution in [0, 0.1) is 0 Å². The van der Waals surface area contributed by atoms with Crippen molar-refractivity contribution < 1.29 is 0 Å². The molecule has 0 N–H and O–H groups in total. The van der Waals surface area contributed by atoms with E-state index in [0.717, 1.165) is 0 Å². The molecule has 0 fully saturated rings. The Kier molecular flexibility index (Phi) is 9.68. The van der Waals surface area contributed by atoms with Crippen LogP contribution < -0.4 is 0 Å². The molecule has 0 unspecified atom stereocenters. The van der Waals surface area contributed by atoms with Crippen molar-refractivity contribution in [2.75, 3.05) is 14.1 Å². The summed E-state index contributed by atoms with van der Waals surface area (Å²) >= 11 is -1.39. The van der Waals surface area contributed by atoms with Gasteiger partial charge < -0.3 is 0 Å². The van der Waals surface area contributed by atoms with Crippen molar-refractivity contribution in [1.82, 2.24) is 2.89 Å². The van der Waals surface area contributed by atoms with E-state index in [1.54, 1.807) is 0 Å². The first kappa shape index (κ1) is 14.1. The van der Waals surface area contributed by atoms with E-state index in [9.17, 15) is 0 Å². The Bertz CT molecular complexity index is 172. The van der Waals surface area contributed by atoms with Gasteiger partial charge in [0.05, 0.1) is 0 Å². The normalized spacial score (nSPS) is 11.4. The number of rotatable bonds is 7. The fourth-order valence-electron chi connectivity index (χ4n) is 1.60. The van der Waals surface area contributed by atoms with Crippen molar-refractivity contribution >= 4 is 27.9 Å². The van der Waals surface area contributed by atoms with Crippen LogP contribution in [-0.2, 0) is 0 Å². The molecule has 0 heterocycles. The second-order valence-corrected chi connectivity index (χ2v) is 13.0. The Hall–Kier alpha value is 0.0801. The van der Waals surface area contributed by atoms with E-state index in [0.29, 0.717) is 0 Å². The minimum atomic E-state index is -1.39. The topological polar surface area (TPSA) is 15.6 Å². The van der Waals surface area contributed by atoms with Crippen molar-refractivity contribution in [1.29, 1.82) is 0 Å². The second kappa shape index (κ2) is 9.63. The maximum atomic E-state index is 3.94. The van der Waals surface area contributed by atoms with Crippen LogP contribution in [0.2, 0.25) is 8.35 Å². The Morgan fingerprint density at radius 3 is 2.21 bits per heavy atom. The zero-order valence-corrected chi connectivity index (χ0v) is 13.3. The molecule has 0 spiro atoms. The van der Waals surface area contributed by atoms with Crippen LogP contribution in [-0.4, -0.2) is 44.9 Å². The van der Waals surface area contributed by atoms with E-state index < -0.39 is 21.7 Å². The van der Waals surface area contributed by atoms with Crippen molar-refractivity contribution in [3.05, 3.63) is 12.3 Å². The van der Waals surface area contributed by atoms with Crippen LogP contribution in [0.15, 0.2) is 17.3 Å². The van der Waals surface area contributed by atoms with Gasteiger partial charge in [0.15, 0.2) is 0 Å². The molecule has 0 rings (SSSR count). The Morgan fingerprint density at radius 2 is 1.79 bits per heavy atom. The third-order valence-corrected chi connectivity index (χ3v) is 13.3. The summed E-state index contributed by atoms with van der Waals surface area (Å²) in [6.07, 6.45) is 8.81. The Balaban J connectivity index is 4.05. The molecule has 80 valence electrons. The molecule has 0 atom stereocenters. The average molecular weight is 298 g/mol. The first-order valence-electron chi connectivity index (χ1n) is 5.57. The second-order valence-electron chi connectivity index (χ2n) is 3.65. The van der Waals surface area contributed by atoms with Gasteiger partial charge >= 0.3 is 97.2 Å². The Morgan fingerprint density at radius 1 is 1.21 bits per heavy atom. The molecule has 0 aromatic carbocycles. The van der Waals surface area contributed by atoms with Gasteiger partial charge in [-0.3, -0.25) is 0 Å². The maximum absolute atomic E-state index is 3.94. The predicted molar refractivity (Wildman–Crippen MR) is 67.3 cm³/mol. The summed E-state index contributed by atoms with van der Waals surface area (Å²) in [6.45, 7) is 4.59. The molecule has 0 aromatic heterocycles. The van der Waals surface area contributed by atoms with E-state index in [2.05, 4.69) is 41.1 Å². The van der Waals surface area contributed by atoms with Gasteiger partial charge in [0.1, 0.15) is 0 Å². The van der Waals surface area contributed by atoms with Gasteiger partial charge in [-0.25, -0.2) is 0 Å². The monoisotopic (exact) mass is 298 g/mol. The molecule has 14 heavy (non-hydrogen) atoms. The summed E-state index contributed by atoms with van der Waals surface area (Å²) in [5, 5.41) is 0. The minimum absolute atomic E-state index is 1.35. The third-order valence-electron chi connectivity index (χ3n) is 2.38. The standard InChI is InChI=1S/C5H9N2.2C3H7.In/c1-6-4-3-5-7-2;2*1-3-2;/h3-5H,1-2H3;2*1,3H2,2H3;/q-1;;;+1/b4-3-,7-5?;;;. The SMILES string of the molecule is CC[CH2][In]([CH2]CC)[N](C)/C=C\C=NC. The molecule has 0 aliphatic rings. The number of hydrogen-bond acceptors (Lipinski definition) is 2. The summed E-state index contributed by atoms with van der Waals surface area (Å²) in [5.41, 5.74) is 0. The van der Waals surface area contributed by atoms with Crippen molar-refractivity contribution in [3.63, 3.8) is 0 Å². The fraction of sp³-hybridized carbons (Fsp3) is 0.727. The van der Waals surface area contributed by atoms with Gasteiger partial charge in [0.2, 0.25) is 0 Å². The molecule has 3 heteroatoms. The van der Waals surface area contributed by atoms with Gasteiger partial charge in [0, 0.05) is 0 Å². The Labute approximate surface area is 97.0 Å². The van der Waals surface area contributed by atoms with E-state index in [1.165, 1.54) is 21.2 Å². The van der Waals surface area contributed by atoms with Gasteiger partial charge in [-0.1, -0.05) is 0 Å². The molecule has 0 saturated carbocycles. The number of nitrogens with zero attached hydrogens (tertiary/aromatic N) is 2. The summed E-state index contributed by atoms with van der Waals surface area (Å²) in [7, 11) is 4.05. The summed E-state index contributed by atoms with van der Waals surface area (Å²) in [6, 6.07) is 0. The molecule has 0 radical (unpaired) electrons. The fourth-order valence-corrected chi connectivity index (χ4v) is 9.53. The van der Waals surface area contributed by atoms with Crippen LogP contribution in [0.4, 0.5) is 0 Å². The average Bonchev–Trinajstić information content (AvgIpc) is 2.18. The van der Waals surface area contributed by atoms with Crippen molar-refractivity contribution in [2.45, 2.75) is 35.0 Å². The zero-order chi connectivity index (χ0) is 10.8. The first-order valence-corrected chi connectivity index (χ1v) is 11.7. The molecular weight excluding hydrogens is 275 g/mol. The molecule has 2 nitrogen and oxygen atoms in total. The van der Waals surface area contributed by atoms with Crippen LogP contribution in [0.25, 0.3) is 0 Å². The third kappa shape index (κ3) is 6.52. The van der Waals surface area contributed by atoms with E-state index in [1.807, 2.05) is 13.3 Å². The van der Waals surface area contributed by atoms with Crippen LogP contribution >= 0.6 is 0 Å². The number of allylic oxidation sites excluding steroid dienone is 1. The summed E-state index contributed by atoms with van der Waals surface area (Å²) in [5.74, 6) is 0. The van der Waals surface area contributed by atoms with E-state index in [4.69, 9.17) is 0 Å². The predicted octanol–water partition coefficient (Wildman–Crippen LogP) is 2.94. The molecule has 0 bridgehead atoms. The van der Waals surface area contributed by atoms with Gasteiger partial charge in [0.25, 0.3) is 0 Å². The summed E-state index contributed by atoms with van der Waals surface area (Å²) < 4.78 is 5.48. The van der Waals surface area contributed by atoms with Crippen LogP contribution in [0.1, 0.15) is 26.7 Å². The first-order chi connectivity index (χ1) is 6.76. The molecule has 0 aliphatic heterocycles. The van der Waals surface area contributed by atoms with Crippen LogP contribution in [0.3, 0.4) is 0 Å². The van der Waals surface area contributed by atoms with Gasteiger partial charge in [-0.05, 0) is 0 Å².